The first-order valence-corrected chi connectivity index (χ1v) is 5.27. The van der Waals surface area contributed by atoms with E-state index in [1.54, 1.807) is 6.07 Å². The van der Waals surface area contributed by atoms with Crippen LogP contribution in [0.4, 0.5) is 0 Å². The van der Waals surface area contributed by atoms with E-state index in [0.717, 1.165) is 4.88 Å². The van der Waals surface area contributed by atoms with Crippen molar-refractivity contribution in [3.63, 3.8) is 0 Å². The van der Waals surface area contributed by atoms with Crippen LogP contribution in [0.5, 0.6) is 0 Å². The van der Waals surface area contributed by atoms with Gasteiger partial charge in [-0.15, -0.1) is 11.3 Å². The van der Waals surface area contributed by atoms with Crippen LogP contribution in [0, 0.1) is 0 Å². The second-order valence-electron chi connectivity index (χ2n) is 2.86. The molecule has 0 aliphatic carbocycles. The maximum absolute atomic E-state index is 11.1. The van der Waals surface area contributed by atoms with Gasteiger partial charge in [-0.1, -0.05) is 11.6 Å². The normalized spacial score (nSPS) is 9.86. The van der Waals surface area contributed by atoms with E-state index in [0.29, 0.717) is 10.9 Å². The summed E-state index contributed by atoms with van der Waals surface area (Å²) in [5.74, 6) is -0.381. The van der Waals surface area contributed by atoms with Crippen molar-refractivity contribution < 1.29 is 9.59 Å². The molecule has 0 spiro atoms. The van der Waals surface area contributed by atoms with Crippen LogP contribution >= 0.6 is 22.9 Å². The summed E-state index contributed by atoms with van der Waals surface area (Å²) in [6.07, 6.45) is -0.0564. The van der Waals surface area contributed by atoms with Crippen molar-refractivity contribution in [2.24, 2.45) is 0 Å². The van der Waals surface area contributed by atoms with Gasteiger partial charge in [0, 0.05) is 4.88 Å². The summed E-state index contributed by atoms with van der Waals surface area (Å²) in [6, 6.07) is 3.62. The zero-order chi connectivity index (χ0) is 10.6. The average Bonchev–Trinajstić information content (AvgIpc) is 2.47. The number of hydrogen-bond acceptors (Lipinski definition) is 3. The lowest BCUT2D eigenvalue weighted by Crippen LogP contribution is -2.23. The smallest absolute Gasteiger partial charge is 0.227 e. The third-order valence-corrected chi connectivity index (χ3v) is 2.73. The molecule has 76 valence electrons. The Morgan fingerprint density at radius 1 is 1.50 bits per heavy atom. The van der Waals surface area contributed by atoms with E-state index in [1.807, 2.05) is 6.07 Å². The van der Waals surface area contributed by atoms with Gasteiger partial charge in [0.1, 0.15) is 5.78 Å². The first-order valence-electron chi connectivity index (χ1n) is 4.08. The van der Waals surface area contributed by atoms with E-state index in [4.69, 9.17) is 11.6 Å². The molecule has 0 unspecified atom stereocenters. The zero-order valence-corrected chi connectivity index (χ0v) is 9.24. The maximum Gasteiger partial charge on any atom is 0.227 e. The molecule has 1 rings (SSSR count). The molecule has 1 heterocycles. The van der Waals surface area contributed by atoms with Crippen LogP contribution in [-0.4, -0.2) is 11.7 Å². The second kappa shape index (κ2) is 5.12. The monoisotopic (exact) mass is 231 g/mol. The highest BCUT2D eigenvalue weighted by atomic mass is 35.5. The van der Waals surface area contributed by atoms with Crippen LogP contribution in [0.25, 0.3) is 0 Å². The molecule has 0 fully saturated rings. The quantitative estimate of drug-likeness (QED) is 0.806. The first-order chi connectivity index (χ1) is 6.58. The summed E-state index contributed by atoms with van der Waals surface area (Å²) < 4.78 is 0.695. The molecule has 0 aliphatic rings. The van der Waals surface area contributed by atoms with Crippen molar-refractivity contribution >= 4 is 34.6 Å². The Kier molecular flexibility index (Phi) is 4.10. The number of halogens is 1. The van der Waals surface area contributed by atoms with Gasteiger partial charge < -0.3 is 5.32 Å². The molecule has 1 aromatic rings. The van der Waals surface area contributed by atoms with E-state index >= 15 is 0 Å². The molecule has 1 amide bonds. The highest BCUT2D eigenvalue weighted by Gasteiger charge is 2.05. The summed E-state index contributed by atoms with van der Waals surface area (Å²) in [5.41, 5.74) is 0. The molecular formula is C9H10ClNO2S. The molecule has 3 nitrogen and oxygen atoms in total. The van der Waals surface area contributed by atoms with E-state index in [1.165, 1.54) is 18.3 Å². The molecule has 0 saturated heterocycles. The molecule has 0 aliphatic heterocycles. The molecule has 1 N–H and O–H groups in total. The third kappa shape index (κ3) is 3.89. The van der Waals surface area contributed by atoms with E-state index < -0.39 is 0 Å². The van der Waals surface area contributed by atoms with Gasteiger partial charge in [-0.05, 0) is 19.1 Å². The number of ketones is 1. The van der Waals surface area contributed by atoms with Crippen molar-refractivity contribution in [1.29, 1.82) is 0 Å². The topological polar surface area (TPSA) is 46.2 Å². The number of Topliss-reactive ketones (excluding diaryl/α,β-unsaturated/α-hetero) is 1. The van der Waals surface area contributed by atoms with E-state index in [-0.39, 0.29) is 18.1 Å². The van der Waals surface area contributed by atoms with Crippen molar-refractivity contribution in [2.75, 3.05) is 0 Å². The summed E-state index contributed by atoms with van der Waals surface area (Å²) in [5, 5.41) is 2.64. The molecule has 0 bridgehead atoms. The standard InChI is InChI=1S/C9H10ClNO2S/c1-6(12)4-9(13)11-5-7-2-3-8(10)14-7/h2-3H,4-5H2,1H3,(H,11,13). The fourth-order valence-corrected chi connectivity index (χ4v) is 1.95. The maximum atomic E-state index is 11.1. The predicted octanol–water partition coefficient (Wildman–Crippen LogP) is 2.00. The van der Waals surface area contributed by atoms with Gasteiger partial charge in [-0.3, -0.25) is 9.59 Å². The summed E-state index contributed by atoms with van der Waals surface area (Å²) >= 11 is 7.13. The van der Waals surface area contributed by atoms with E-state index in [9.17, 15) is 9.59 Å². The van der Waals surface area contributed by atoms with Gasteiger partial charge in [0.25, 0.3) is 0 Å². The molecule has 0 aromatic carbocycles. The van der Waals surface area contributed by atoms with Crippen molar-refractivity contribution in [2.45, 2.75) is 19.9 Å². The Labute approximate surface area is 91.1 Å². The minimum Gasteiger partial charge on any atom is -0.351 e. The molecule has 5 heteroatoms. The lowest BCUT2D eigenvalue weighted by atomic mass is 10.3. The van der Waals surface area contributed by atoms with Crippen molar-refractivity contribution in [1.82, 2.24) is 5.32 Å². The minimum atomic E-state index is -0.248. The number of carbonyl (C=O) groups excluding carboxylic acids is 2. The Morgan fingerprint density at radius 3 is 2.71 bits per heavy atom. The second-order valence-corrected chi connectivity index (χ2v) is 4.66. The van der Waals surface area contributed by atoms with E-state index in [2.05, 4.69) is 5.32 Å². The van der Waals surface area contributed by atoms with Crippen LogP contribution in [0.1, 0.15) is 18.2 Å². The molecule has 1 aromatic heterocycles. The molecule has 14 heavy (non-hydrogen) atoms. The summed E-state index contributed by atoms with van der Waals surface area (Å²) in [7, 11) is 0. The van der Waals surface area contributed by atoms with Gasteiger partial charge in [0.15, 0.2) is 0 Å². The number of carbonyl (C=O) groups is 2. The Hall–Kier alpha value is -0.870. The van der Waals surface area contributed by atoms with Gasteiger partial charge in [0.2, 0.25) is 5.91 Å². The fraction of sp³-hybridized carbons (Fsp3) is 0.333. The number of amides is 1. The van der Waals surface area contributed by atoms with Gasteiger partial charge in [-0.25, -0.2) is 0 Å². The Balaban J connectivity index is 2.34. The van der Waals surface area contributed by atoms with Crippen molar-refractivity contribution in [3.8, 4) is 0 Å². The van der Waals surface area contributed by atoms with Gasteiger partial charge in [-0.2, -0.15) is 0 Å². The Bertz CT molecular complexity index is 348. The highest BCUT2D eigenvalue weighted by Crippen LogP contribution is 2.20. The van der Waals surface area contributed by atoms with Crippen LogP contribution < -0.4 is 5.32 Å². The number of thiophene rings is 1. The lowest BCUT2D eigenvalue weighted by molar-refractivity contribution is -0.127. The molecule has 0 atom stereocenters. The SMILES string of the molecule is CC(=O)CC(=O)NCc1ccc(Cl)s1. The van der Waals surface area contributed by atoms with Gasteiger partial charge >= 0.3 is 0 Å². The molecular weight excluding hydrogens is 222 g/mol. The van der Waals surface area contributed by atoms with Crippen LogP contribution in [0.3, 0.4) is 0 Å². The predicted molar refractivity (Wildman–Crippen MR) is 56.5 cm³/mol. The summed E-state index contributed by atoms with van der Waals surface area (Å²) in [4.78, 5) is 22.6. The first kappa shape index (κ1) is 11.2. The Morgan fingerprint density at radius 2 is 2.21 bits per heavy atom. The zero-order valence-electron chi connectivity index (χ0n) is 7.67. The average molecular weight is 232 g/mol. The minimum absolute atomic E-state index is 0.0564. The summed E-state index contributed by atoms with van der Waals surface area (Å²) in [6.45, 7) is 1.82. The van der Waals surface area contributed by atoms with Crippen LogP contribution in [0.2, 0.25) is 4.34 Å². The fourth-order valence-electron chi connectivity index (χ4n) is 0.921. The molecule has 0 saturated carbocycles. The number of rotatable bonds is 4. The number of hydrogen-bond donors (Lipinski definition) is 1. The van der Waals surface area contributed by atoms with Crippen LogP contribution in [0.15, 0.2) is 12.1 Å². The third-order valence-electron chi connectivity index (χ3n) is 1.50. The van der Waals surface area contributed by atoms with Crippen molar-refractivity contribution in [3.05, 3.63) is 21.3 Å². The molecule has 0 radical (unpaired) electrons. The lowest BCUT2D eigenvalue weighted by Gasteiger charge is -2.00. The highest BCUT2D eigenvalue weighted by molar-refractivity contribution is 7.16. The van der Waals surface area contributed by atoms with Gasteiger partial charge in [0.05, 0.1) is 17.3 Å². The number of nitrogens with one attached hydrogen (secondary N) is 1. The largest absolute Gasteiger partial charge is 0.351 e. The van der Waals surface area contributed by atoms with Crippen LogP contribution in [-0.2, 0) is 16.1 Å².